The molecule has 7 heteroatoms. The largest absolute Gasteiger partial charge is 0.382 e. The molecule has 3 aromatic rings. The molecule has 1 amide bonds. The zero-order chi connectivity index (χ0) is 17.1. The fourth-order valence-corrected chi connectivity index (χ4v) is 2.65. The van der Waals surface area contributed by atoms with Crippen molar-refractivity contribution in [3.8, 4) is 0 Å². The number of nitrogens with one attached hydrogen (secondary N) is 1. The number of fused-ring (bicyclic) bond motifs is 2. The van der Waals surface area contributed by atoms with Crippen LogP contribution >= 0.6 is 0 Å². The van der Waals surface area contributed by atoms with E-state index in [4.69, 9.17) is 4.74 Å². The number of rotatable bonds is 6. The van der Waals surface area contributed by atoms with Crippen molar-refractivity contribution in [1.29, 1.82) is 0 Å². The lowest BCUT2D eigenvalue weighted by atomic mass is 10.3. The molecular weight excluding hydrogens is 308 g/mol. The first kappa shape index (κ1) is 16.2. The Labute approximate surface area is 138 Å². The molecule has 24 heavy (non-hydrogen) atoms. The second-order valence-electron chi connectivity index (χ2n) is 5.48. The van der Waals surface area contributed by atoms with Gasteiger partial charge in [-0.1, -0.05) is 6.07 Å². The summed E-state index contributed by atoms with van der Waals surface area (Å²) in [5.41, 5.74) is 1.30. The van der Waals surface area contributed by atoms with E-state index in [1.54, 1.807) is 36.0 Å². The molecule has 3 aromatic heterocycles. The second-order valence-corrected chi connectivity index (χ2v) is 5.48. The highest BCUT2D eigenvalue weighted by molar-refractivity contribution is 5.97. The number of aryl methyl sites for hydroxylation is 1. The summed E-state index contributed by atoms with van der Waals surface area (Å²) in [6.07, 6.45) is 2.42. The molecule has 7 nitrogen and oxygen atoms in total. The Morgan fingerprint density at radius 2 is 2.21 bits per heavy atom. The van der Waals surface area contributed by atoms with Gasteiger partial charge in [-0.3, -0.25) is 14.0 Å². The molecule has 3 heterocycles. The standard InChI is InChI=1S/C17H20N4O3/c1-3-24-10-6-8-18-16(22)13-11-12-15(20(13)2)19-14-7-4-5-9-21(14)17(12)23/h4-5,7,9,11H,3,6,8,10H2,1-2H3,(H,18,22). The average molecular weight is 328 g/mol. The fourth-order valence-electron chi connectivity index (χ4n) is 2.65. The molecular formula is C17H20N4O3. The van der Waals surface area contributed by atoms with Gasteiger partial charge in [-0.25, -0.2) is 4.98 Å². The van der Waals surface area contributed by atoms with Gasteiger partial charge in [0.15, 0.2) is 0 Å². The molecule has 0 bridgehead atoms. The van der Waals surface area contributed by atoms with Crippen molar-refractivity contribution in [2.45, 2.75) is 13.3 Å². The number of carbonyl (C=O) groups excluding carboxylic acids is 1. The van der Waals surface area contributed by atoms with E-state index in [0.717, 1.165) is 6.42 Å². The van der Waals surface area contributed by atoms with E-state index in [0.29, 0.717) is 42.1 Å². The Kier molecular flexibility index (Phi) is 4.61. The highest BCUT2D eigenvalue weighted by Crippen LogP contribution is 2.14. The Hall–Kier alpha value is -2.67. The SMILES string of the molecule is CCOCCCNC(=O)c1cc2c(=O)n3ccccc3nc2n1C. The zero-order valence-electron chi connectivity index (χ0n) is 13.8. The molecule has 1 N–H and O–H groups in total. The molecule has 0 saturated heterocycles. The van der Waals surface area contributed by atoms with Gasteiger partial charge in [0.1, 0.15) is 17.0 Å². The van der Waals surface area contributed by atoms with Crippen molar-refractivity contribution in [1.82, 2.24) is 19.3 Å². The summed E-state index contributed by atoms with van der Waals surface area (Å²) in [6, 6.07) is 6.96. The number of ether oxygens (including phenoxy) is 1. The first-order valence-electron chi connectivity index (χ1n) is 7.96. The molecule has 0 aromatic carbocycles. The first-order valence-corrected chi connectivity index (χ1v) is 7.96. The molecule has 0 radical (unpaired) electrons. The predicted molar refractivity (Wildman–Crippen MR) is 91.4 cm³/mol. The van der Waals surface area contributed by atoms with E-state index < -0.39 is 0 Å². The van der Waals surface area contributed by atoms with Crippen molar-refractivity contribution in [2.75, 3.05) is 19.8 Å². The molecule has 0 aliphatic rings. The number of aromatic nitrogens is 3. The maximum absolute atomic E-state index is 12.6. The summed E-state index contributed by atoms with van der Waals surface area (Å²) in [4.78, 5) is 29.4. The first-order chi connectivity index (χ1) is 11.6. The van der Waals surface area contributed by atoms with E-state index in [1.807, 2.05) is 13.0 Å². The van der Waals surface area contributed by atoms with Crippen molar-refractivity contribution in [3.05, 3.63) is 46.5 Å². The van der Waals surface area contributed by atoms with Gasteiger partial charge < -0.3 is 14.6 Å². The molecule has 0 fully saturated rings. The molecule has 0 spiro atoms. The maximum atomic E-state index is 12.6. The number of carbonyl (C=O) groups is 1. The third-order valence-corrected chi connectivity index (χ3v) is 3.90. The van der Waals surface area contributed by atoms with Crippen LogP contribution in [0, 0.1) is 0 Å². The number of hydrogen-bond acceptors (Lipinski definition) is 4. The van der Waals surface area contributed by atoms with Gasteiger partial charge in [-0.05, 0) is 31.5 Å². The Morgan fingerprint density at radius 3 is 3.00 bits per heavy atom. The van der Waals surface area contributed by atoms with Crippen LogP contribution in [-0.4, -0.2) is 39.6 Å². The van der Waals surface area contributed by atoms with Crippen LogP contribution in [0.2, 0.25) is 0 Å². The molecule has 0 unspecified atom stereocenters. The lowest BCUT2D eigenvalue weighted by Gasteiger charge is -2.06. The molecule has 0 saturated carbocycles. The van der Waals surface area contributed by atoms with E-state index >= 15 is 0 Å². The van der Waals surface area contributed by atoms with Crippen LogP contribution < -0.4 is 10.9 Å². The monoisotopic (exact) mass is 328 g/mol. The molecule has 0 atom stereocenters. The Balaban J connectivity index is 1.91. The summed E-state index contributed by atoms with van der Waals surface area (Å²) >= 11 is 0. The smallest absolute Gasteiger partial charge is 0.267 e. The van der Waals surface area contributed by atoms with Crippen LogP contribution in [-0.2, 0) is 11.8 Å². The predicted octanol–water partition coefficient (Wildman–Crippen LogP) is 1.34. The molecule has 0 aliphatic carbocycles. The van der Waals surface area contributed by atoms with Crippen molar-refractivity contribution >= 4 is 22.6 Å². The van der Waals surface area contributed by atoms with Crippen molar-refractivity contribution < 1.29 is 9.53 Å². The third-order valence-electron chi connectivity index (χ3n) is 3.90. The average Bonchev–Trinajstić information content (AvgIpc) is 2.92. The van der Waals surface area contributed by atoms with Gasteiger partial charge in [-0.15, -0.1) is 0 Å². The van der Waals surface area contributed by atoms with Gasteiger partial charge in [-0.2, -0.15) is 0 Å². The summed E-state index contributed by atoms with van der Waals surface area (Å²) in [7, 11) is 1.74. The van der Waals surface area contributed by atoms with Gasteiger partial charge in [0, 0.05) is 33.0 Å². The van der Waals surface area contributed by atoms with Gasteiger partial charge in [0.05, 0.1) is 5.39 Å². The zero-order valence-corrected chi connectivity index (χ0v) is 13.8. The topological polar surface area (TPSA) is 77.6 Å². The van der Waals surface area contributed by atoms with Gasteiger partial charge >= 0.3 is 0 Å². The summed E-state index contributed by atoms with van der Waals surface area (Å²) < 4.78 is 8.37. The fraction of sp³-hybridized carbons (Fsp3) is 0.353. The lowest BCUT2D eigenvalue weighted by Crippen LogP contribution is -2.27. The summed E-state index contributed by atoms with van der Waals surface area (Å²) in [5, 5.41) is 3.28. The van der Waals surface area contributed by atoms with E-state index in [1.165, 1.54) is 4.40 Å². The normalized spacial score (nSPS) is 11.2. The van der Waals surface area contributed by atoms with Gasteiger partial charge in [0.25, 0.3) is 11.5 Å². The van der Waals surface area contributed by atoms with Crippen LogP contribution in [0.4, 0.5) is 0 Å². The van der Waals surface area contributed by atoms with Crippen LogP contribution in [0.5, 0.6) is 0 Å². The molecule has 0 aliphatic heterocycles. The second kappa shape index (κ2) is 6.84. The highest BCUT2D eigenvalue weighted by Gasteiger charge is 2.17. The third kappa shape index (κ3) is 2.90. The lowest BCUT2D eigenvalue weighted by molar-refractivity contribution is 0.0936. The van der Waals surface area contributed by atoms with Crippen molar-refractivity contribution in [3.63, 3.8) is 0 Å². The highest BCUT2D eigenvalue weighted by atomic mass is 16.5. The van der Waals surface area contributed by atoms with Crippen LogP contribution in [0.25, 0.3) is 16.7 Å². The maximum Gasteiger partial charge on any atom is 0.267 e. The number of nitrogens with zero attached hydrogens (tertiary/aromatic N) is 3. The minimum Gasteiger partial charge on any atom is -0.382 e. The number of hydrogen-bond donors (Lipinski definition) is 1. The van der Waals surface area contributed by atoms with Crippen molar-refractivity contribution in [2.24, 2.45) is 7.05 Å². The van der Waals surface area contributed by atoms with Crippen LogP contribution in [0.15, 0.2) is 35.3 Å². The number of amides is 1. The van der Waals surface area contributed by atoms with Crippen LogP contribution in [0.3, 0.4) is 0 Å². The van der Waals surface area contributed by atoms with E-state index in [2.05, 4.69) is 10.3 Å². The minimum absolute atomic E-state index is 0.179. The number of pyridine rings is 1. The minimum atomic E-state index is -0.222. The van der Waals surface area contributed by atoms with E-state index in [-0.39, 0.29) is 11.5 Å². The Bertz CT molecular complexity index is 942. The molecule has 3 rings (SSSR count). The quantitative estimate of drug-likeness (QED) is 0.693. The van der Waals surface area contributed by atoms with Crippen LogP contribution in [0.1, 0.15) is 23.8 Å². The summed E-state index contributed by atoms with van der Waals surface area (Å²) in [6.45, 7) is 3.73. The summed E-state index contributed by atoms with van der Waals surface area (Å²) in [5.74, 6) is -0.222. The van der Waals surface area contributed by atoms with E-state index in [9.17, 15) is 9.59 Å². The molecule has 126 valence electrons. The Morgan fingerprint density at radius 1 is 1.38 bits per heavy atom. The van der Waals surface area contributed by atoms with Gasteiger partial charge in [0.2, 0.25) is 0 Å².